The Morgan fingerprint density at radius 3 is 2.23 bits per heavy atom. The van der Waals surface area contributed by atoms with E-state index in [0.29, 0.717) is 12.3 Å². The van der Waals surface area contributed by atoms with Gasteiger partial charge in [0.1, 0.15) is 6.10 Å². The standard InChI is InChI=1S/C9H20N2O2/c1-6(2)5-7(10)8(12)9(13)11(3)4/h6-8,12H,5,10H2,1-4H3/t7-,8?/m0/s1. The second kappa shape index (κ2) is 5.19. The Kier molecular flexibility index (Phi) is 4.95. The fourth-order valence-electron chi connectivity index (χ4n) is 1.12. The first-order chi connectivity index (χ1) is 5.86. The van der Waals surface area contributed by atoms with Gasteiger partial charge in [-0.2, -0.15) is 0 Å². The molecule has 0 aromatic rings. The van der Waals surface area contributed by atoms with Crippen molar-refractivity contribution in [2.45, 2.75) is 32.4 Å². The number of nitrogens with two attached hydrogens (primary N) is 1. The van der Waals surface area contributed by atoms with Gasteiger partial charge < -0.3 is 15.7 Å². The highest BCUT2D eigenvalue weighted by atomic mass is 16.3. The minimum Gasteiger partial charge on any atom is -0.382 e. The number of hydrogen-bond acceptors (Lipinski definition) is 3. The van der Waals surface area contributed by atoms with Crippen molar-refractivity contribution in [3.8, 4) is 0 Å². The fourth-order valence-corrected chi connectivity index (χ4v) is 1.12. The summed E-state index contributed by atoms with van der Waals surface area (Å²) in [6.45, 7) is 4.01. The van der Waals surface area contributed by atoms with Crippen LogP contribution in [0.15, 0.2) is 0 Å². The maximum Gasteiger partial charge on any atom is 0.252 e. The predicted octanol–water partition coefficient (Wildman–Crippen LogP) is -0.191. The zero-order valence-corrected chi connectivity index (χ0v) is 8.82. The Hall–Kier alpha value is -0.610. The third kappa shape index (κ3) is 4.24. The van der Waals surface area contributed by atoms with Crippen molar-refractivity contribution in [1.29, 1.82) is 0 Å². The average Bonchev–Trinajstić information content (AvgIpc) is 2.00. The highest BCUT2D eigenvalue weighted by Crippen LogP contribution is 2.07. The second-order valence-electron chi connectivity index (χ2n) is 3.97. The summed E-state index contributed by atoms with van der Waals surface area (Å²) in [4.78, 5) is 12.6. The normalized spacial score (nSPS) is 15.6. The van der Waals surface area contributed by atoms with Crippen LogP contribution in [0.2, 0.25) is 0 Å². The summed E-state index contributed by atoms with van der Waals surface area (Å²) in [6, 6.07) is -0.463. The molecular formula is C9H20N2O2. The molecule has 0 aliphatic heterocycles. The van der Waals surface area contributed by atoms with E-state index in [-0.39, 0.29) is 5.91 Å². The molecule has 0 spiro atoms. The van der Waals surface area contributed by atoms with E-state index < -0.39 is 12.1 Å². The van der Waals surface area contributed by atoms with E-state index in [1.165, 1.54) is 4.90 Å². The van der Waals surface area contributed by atoms with Crippen molar-refractivity contribution in [3.05, 3.63) is 0 Å². The highest BCUT2D eigenvalue weighted by Gasteiger charge is 2.24. The number of aliphatic hydroxyl groups excluding tert-OH is 1. The Morgan fingerprint density at radius 1 is 1.46 bits per heavy atom. The van der Waals surface area contributed by atoms with Crippen molar-refractivity contribution < 1.29 is 9.90 Å². The van der Waals surface area contributed by atoms with Crippen LogP contribution in [0.1, 0.15) is 20.3 Å². The molecule has 0 saturated heterocycles. The van der Waals surface area contributed by atoms with E-state index >= 15 is 0 Å². The van der Waals surface area contributed by atoms with Gasteiger partial charge in [-0.1, -0.05) is 13.8 Å². The summed E-state index contributed by atoms with van der Waals surface area (Å²) < 4.78 is 0. The molecule has 0 aromatic heterocycles. The number of nitrogens with zero attached hydrogens (tertiary/aromatic N) is 1. The third-order valence-corrected chi connectivity index (χ3v) is 1.84. The second-order valence-corrected chi connectivity index (χ2v) is 3.97. The Bertz CT molecular complexity index is 169. The lowest BCUT2D eigenvalue weighted by molar-refractivity contribution is -0.138. The fraction of sp³-hybridized carbons (Fsp3) is 0.889. The lowest BCUT2D eigenvalue weighted by atomic mass is 9.99. The van der Waals surface area contributed by atoms with Crippen LogP contribution in [0.5, 0.6) is 0 Å². The summed E-state index contributed by atoms with van der Waals surface area (Å²) in [6.07, 6.45) is -0.418. The Morgan fingerprint density at radius 2 is 1.92 bits per heavy atom. The van der Waals surface area contributed by atoms with Crippen LogP contribution in [0.4, 0.5) is 0 Å². The molecule has 1 amide bonds. The largest absolute Gasteiger partial charge is 0.382 e. The number of carbonyl (C=O) groups is 1. The van der Waals surface area contributed by atoms with Crippen molar-refractivity contribution in [1.82, 2.24) is 4.90 Å². The molecule has 78 valence electrons. The van der Waals surface area contributed by atoms with E-state index in [9.17, 15) is 9.90 Å². The molecule has 4 nitrogen and oxygen atoms in total. The van der Waals surface area contributed by atoms with Gasteiger partial charge in [0, 0.05) is 20.1 Å². The number of likely N-dealkylation sites (N-methyl/N-ethyl adjacent to an activating group) is 1. The molecule has 0 saturated carbocycles. The van der Waals surface area contributed by atoms with Gasteiger partial charge in [-0.15, -0.1) is 0 Å². The maximum absolute atomic E-state index is 11.3. The predicted molar refractivity (Wildman–Crippen MR) is 52.1 cm³/mol. The SMILES string of the molecule is CC(C)C[C@H](N)C(O)C(=O)N(C)C. The molecule has 0 rings (SSSR count). The number of amides is 1. The van der Waals surface area contributed by atoms with Gasteiger partial charge in [0.15, 0.2) is 0 Å². The van der Waals surface area contributed by atoms with Gasteiger partial charge in [0.05, 0.1) is 0 Å². The van der Waals surface area contributed by atoms with Crippen LogP contribution in [0, 0.1) is 5.92 Å². The molecule has 4 heteroatoms. The third-order valence-electron chi connectivity index (χ3n) is 1.84. The monoisotopic (exact) mass is 188 g/mol. The zero-order valence-electron chi connectivity index (χ0n) is 8.82. The van der Waals surface area contributed by atoms with Crippen molar-refractivity contribution in [2.75, 3.05) is 14.1 Å². The molecule has 0 aliphatic rings. The van der Waals surface area contributed by atoms with Crippen LogP contribution in [0.3, 0.4) is 0 Å². The number of carbonyl (C=O) groups excluding carboxylic acids is 1. The van der Waals surface area contributed by atoms with Gasteiger partial charge >= 0.3 is 0 Å². The molecule has 0 radical (unpaired) electrons. The summed E-state index contributed by atoms with van der Waals surface area (Å²) in [5.41, 5.74) is 5.66. The zero-order chi connectivity index (χ0) is 10.6. The lowest BCUT2D eigenvalue weighted by Crippen LogP contribution is -2.46. The van der Waals surface area contributed by atoms with E-state index in [0.717, 1.165) is 0 Å². The lowest BCUT2D eigenvalue weighted by Gasteiger charge is -2.22. The molecule has 0 heterocycles. The van der Waals surface area contributed by atoms with E-state index in [2.05, 4.69) is 0 Å². The van der Waals surface area contributed by atoms with Gasteiger partial charge in [-0.25, -0.2) is 0 Å². The molecule has 13 heavy (non-hydrogen) atoms. The van der Waals surface area contributed by atoms with Crippen LogP contribution in [-0.2, 0) is 4.79 Å². The van der Waals surface area contributed by atoms with Crippen LogP contribution < -0.4 is 5.73 Å². The molecule has 3 N–H and O–H groups in total. The molecule has 0 aromatic carbocycles. The van der Waals surface area contributed by atoms with Gasteiger partial charge in [0.25, 0.3) is 5.91 Å². The molecule has 0 aliphatic carbocycles. The van der Waals surface area contributed by atoms with Crippen LogP contribution in [-0.4, -0.2) is 42.2 Å². The number of aliphatic hydroxyl groups is 1. The minimum absolute atomic E-state index is 0.326. The summed E-state index contributed by atoms with van der Waals surface area (Å²) in [7, 11) is 3.21. The molecule has 2 atom stereocenters. The summed E-state index contributed by atoms with van der Waals surface area (Å²) >= 11 is 0. The van der Waals surface area contributed by atoms with Crippen molar-refractivity contribution in [3.63, 3.8) is 0 Å². The van der Waals surface area contributed by atoms with Gasteiger partial charge in [-0.05, 0) is 12.3 Å². The molecule has 0 fully saturated rings. The average molecular weight is 188 g/mol. The Labute approximate surface area is 79.7 Å². The number of hydrogen-bond donors (Lipinski definition) is 2. The Balaban J connectivity index is 4.09. The van der Waals surface area contributed by atoms with Gasteiger partial charge in [-0.3, -0.25) is 4.79 Å². The molecular weight excluding hydrogens is 168 g/mol. The smallest absolute Gasteiger partial charge is 0.252 e. The van der Waals surface area contributed by atoms with Gasteiger partial charge in [0.2, 0.25) is 0 Å². The first-order valence-electron chi connectivity index (χ1n) is 4.51. The van der Waals surface area contributed by atoms with E-state index in [4.69, 9.17) is 5.73 Å². The van der Waals surface area contributed by atoms with Crippen molar-refractivity contribution in [2.24, 2.45) is 11.7 Å². The van der Waals surface area contributed by atoms with Crippen LogP contribution in [0.25, 0.3) is 0 Å². The first-order valence-corrected chi connectivity index (χ1v) is 4.51. The highest BCUT2D eigenvalue weighted by molar-refractivity contribution is 5.80. The number of rotatable bonds is 4. The maximum atomic E-state index is 11.3. The summed E-state index contributed by atoms with van der Waals surface area (Å²) in [5, 5.41) is 9.49. The van der Waals surface area contributed by atoms with Crippen molar-refractivity contribution >= 4 is 5.91 Å². The minimum atomic E-state index is -1.07. The summed E-state index contributed by atoms with van der Waals surface area (Å²) in [5.74, 6) is 0.0627. The molecule has 0 bridgehead atoms. The molecule has 1 unspecified atom stereocenters. The first kappa shape index (κ1) is 12.4. The van der Waals surface area contributed by atoms with Crippen LogP contribution >= 0.6 is 0 Å². The van der Waals surface area contributed by atoms with E-state index in [1.807, 2.05) is 13.8 Å². The van der Waals surface area contributed by atoms with E-state index in [1.54, 1.807) is 14.1 Å². The quantitative estimate of drug-likeness (QED) is 0.642. The topological polar surface area (TPSA) is 66.6 Å².